The third-order valence-corrected chi connectivity index (χ3v) is 1.50. The zero-order valence-electron chi connectivity index (χ0n) is 5.14. The van der Waals surface area contributed by atoms with Crippen molar-refractivity contribution < 1.29 is 4.39 Å². The van der Waals surface area contributed by atoms with Crippen LogP contribution in [-0.2, 0) is 0 Å². The Morgan fingerprint density at radius 2 is 2.50 bits per heavy atom. The van der Waals surface area contributed by atoms with Crippen molar-refractivity contribution in [3.05, 3.63) is 23.0 Å². The summed E-state index contributed by atoms with van der Waals surface area (Å²) in [6.45, 7) is 0. The Hall–Kier alpha value is -0.810. The molecule has 1 aliphatic rings. The Bertz CT molecular complexity index is 236. The van der Waals surface area contributed by atoms with E-state index in [0.29, 0.717) is 11.5 Å². The highest BCUT2D eigenvalue weighted by Crippen LogP contribution is 2.24. The molecule has 0 aromatic heterocycles. The number of hydrogen-bond acceptors (Lipinski definition) is 1. The van der Waals surface area contributed by atoms with E-state index < -0.39 is 11.7 Å². The maximum atomic E-state index is 12.4. The third-order valence-electron chi connectivity index (χ3n) is 1.24. The topological polar surface area (TPSA) is 23.8 Å². The van der Waals surface area contributed by atoms with Crippen LogP contribution in [0.25, 0.3) is 0 Å². The van der Waals surface area contributed by atoms with Crippen LogP contribution in [0.5, 0.6) is 0 Å². The largest absolute Gasteiger partial charge is 0.207 e. The summed E-state index contributed by atoms with van der Waals surface area (Å²) in [6, 6.07) is 1.92. The summed E-state index contributed by atoms with van der Waals surface area (Å²) in [5, 5.41) is 8.79. The predicted molar refractivity (Wildman–Crippen MR) is 36.8 cm³/mol. The second-order valence-corrected chi connectivity index (χ2v) is 2.57. The number of rotatable bonds is 0. The SMILES string of the molecule is N#CC1C=C(F)C=C(Cl)C1. The Balaban J connectivity index is 2.79. The smallest absolute Gasteiger partial charge is 0.121 e. The van der Waals surface area contributed by atoms with Crippen molar-refractivity contribution in [1.82, 2.24) is 0 Å². The molecule has 1 atom stereocenters. The van der Waals surface area contributed by atoms with Gasteiger partial charge in [0.1, 0.15) is 5.83 Å². The van der Waals surface area contributed by atoms with Gasteiger partial charge >= 0.3 is 0 Å². The van der Waals surface area contributed by atoms with Crippen molar-refractivity contribution in [3.63, 3.8) is 0 Å². The molecule has 0 amide bonds. The van der Waals surface area contributed by atoms with Gasteiger partial charge in [-0.1, -0.05) is 11.6 Å². The number of nitrogens with zero attached hydrogens (tertiary/aromatic N) is 1. The minimum absolute atomic E-state index is 0.391. The summed E-state index contributed by atoms with van der Waals surface area (Å²) in [4.78, 5) is 0. The predicted octanol–water partition coefficient (Wildman–Crippen LogP) is 2.51. The minimum atomic E-state index is -0.414. The summed E-state index contributed by atoms with van der Waals surface area (Å²) in [5.41, 5.74) is 0. The average Bonchev–Trinajstić information content (AvgIpc) is 1.85. The fourth-order valence-electron chi connectivity index (χ4n) is 0.801. The van der Waals surface area contributed by atoms with Gasteiger partial charge in [-0.15, -0.1) is 0 Å². The minimum Gasteiger partial charge on any atom is -0.207 e. The van der Waals surface area contributed by atoms with Crippen LogP contribution in [0, 0.1) is 17.2 Å². The van der Waals surface area contributed by atoms with Gasteiger partial charge in [0, 0.05) is 11.5 Å². The highest BCUT2D eigenvalue weighted by molar-refractivity contribution is 6.29. The van der Waals surface area contributed by atoms with Gasteiger partial charge in [-0.05, 0) is 12.2 Å². The van der Waals surface area contributed by atoms with Crippen molar-refractivity contribution in [2.45, 2.75) is 6.42 Å². The van der Waals surface area contributed by atoms with Crippen molar-refractivity contribution in [2.24, 2.45) is 5.92 Å². The molecule has 1 aliphatic carbocycles. The van der Waals surface area contributed by atoms with E-state index in [1.807, 2.05) is 6.07 Å². The Labute approximate surface area is 63.4 Å². The molecule has 0 spiro atoms. The zero-order valence-corrected chi connectivity index (χ0v) is 5.90. The van der Waals surface area contributed by atoms with E-state index >= 15 is 0 Å². The molecular weight excluding hydrogens is 153 g/mol. The first kappa shape index (κ1) is 7.30. The number of hydrogen-bond donors (Lipinski definition) is 0. The van der Waals surface area contributed by atoms with Gasteiger partial charge in [0.05, 0.1) is 12.0 Å². The molecule has 0 saturated carbocycles. The summed E-state index contributed by atoms with van der Waals surface area (Å²) in [5.74, 6) is -0.805. The third kappa shape index (κ3) is 1.58. The van der Waals surface area contributed by atoms with E-state index in [1.165, 1.54) is 12.2 Å². The number of nitriles is 1. The van der Waals surface area contributed by atoms with Crippen LogP contribution in [0.3, 0.4) is 0 Å². The van der Waals surface area contributed by atoms with E-state index in [0.717, 1.165) is 0 Å². The van der Waals surface area contributed by atoms with Crippen LogP contribution in [0.4, 0.5) is 4.39 Å². The second-order valence-electron chi connectivity index (χ2n) is 2.08. The lowest BCUT2D eigenvalue weighted by Gasteiger charge is -2.06. The summed E-state index contributed by atoms with van der Waals surface area (Å²) >= 11 is 5.51. The quantitative estimate of drug-likeness (QED) is 0.530. The average molecular weight is 158 g/mol. The van der Waals surface area contributed by atoms with Crippen LogP contribution >= 0.6 is 11.6 Å². The van der Waals surface area contributed by atoms with Crippen LogP contribution in [0.1, 0.15) is 6.42 Å². The van der Waals surface area contributed by atoms with Crippen molar-refractivity contribution in [3.8, 4) is 6.07 Å². The summed E-state index contributed by atoms with van der Waals surface area (Å²) in [6.07, 6.45) is 2.94. The van der Waals surface area contributed by atoms with E-state index in [1.54, 1.807) is 0 Å². The Morgan fingerprint density at radius 1 is 1.80 bits per heavy atom. The standard InChI is InChI=1S/C7H5ClFN/c8-6-1-5(4-10)2-7(9)3-6/h2-3,5H,1H2. The molecule has 0 N–H and O–H groups in total. The van der Waals surface area contributed by atoms with Crippen LogP contribution in [0.15, 0.2) is 23.0 Å². The maximum Gasteiger partial charge on any atom is 0.121 e. The zero-order chi connectivity index (χ0) is 7.56. The molecule has 0 aromatic carbocycles. The monoisotopic (exact) mass is 157 g/mol. The summed E-state index contributed by atoms with van der Waals surface area (Å²) < 4.78 is 12.4. The number of halogens is 2. The number of allylic oxidation sites excluding steroid dienone is 4. The second kappa shape index (κ2) is 2.85. The van der Waals surface area contributed by atoms with Gasteiger partial charge in [0.25, 0.3) is 0 Å². The molecule has 3 heteroatoms. The molecular formula is C7H5ClFN. The van der Waals surface area contributed by atoms with Crippen LogP contribution < -0.4 is 0 Å². The van der Waals surface area contributed by atoms with Gasteiger partial charge in [0.2, 0.25) is 0 Å². The molecule has 1 unspecified atom stereocenters. The Kier molecular flexibility index (Phi) is 2.08. The first-order valence-corrected chi connectivity index (χ1v) is 3.23. The molecule has 0 radical (unpaired) electrons. The molecule has 0 fully saturated rings. The summed E-state index contributed by atoms with van der Waals surface area (Å²) in [7, 11) is 0. The highest BCUT2D eigenvalue weighted by atomic mass is 35.5. The maximum absolute atomic E-state index is 12.4. The van der Waals surface area contributed by atoms with Gasteiger partial charge in [-0.25, -0.2) is 4.39 Å². The fourth-order valence-corrected chi connectivity index (χ4v) is 1.07. The van der Waals surface area contributed by atoms with Crippen LogP contribution in [-0.4, -0.2) is 0 Å². The molecule has 0 aromatic rings. The van der Waals surface area contributed by atoms with Crippen molar-refractivity contribution in [2.75, 3.05) is 0 Å². The molecule has 0 bridgehead atoms. The van der Waals surface area contributed by atoms with E-state index in [-0.39, 0.29) is 0 Å². The van der Waals surface area contributed by atoms with Gasteiger partial charge in [-0.2, -0.15) is 5.26 Å². The normalized spacial score (nSPS) is 24.7. The van der Waals surface area contributed by atoms with Crippen LogP contribution in [0.2, 0.25) is 0 Å². The highest BCUT2D eigenvalue weighted by Gasteiger charge is 2.12. The Morgan fingerprint density at radius 3 is 3.00 bits per heavy atom. The molecule has 0 aliphatic heterocycles. The van der Waals surface area contributed by atoms with Gasteiger partial charge in [0.15, 0.2) is 0 Å². The van der Waals surface area contributed by atoms with Gasteiger partial charge in [-0.3, -0.25) is 0 Å². The van der Waals surface area contributed by atoms with Crippen molar-refractivity contribution >= 4 is 11.6 Å². The first-order valence-electron chi connectivity index (χ1n) is 2.85. The molecule has 0 heterocycles. The molecule has 10 heavy (non-hydrogen) atoms. The molecule has 1 rings (SSSR count). The van der Waals surface area contributed by atoms with E-state index in [2.05, 4.69) is 0 Å². The molecule has 52 valence electrons. The van der Waals surface area contributed by atoms with E-state index in [9.17, 15) is 4.39 Å². The fraction of sp³-hybridized carbons (Fsp3) is 0.286. The first-order chi connectivity index (χ1) is 4.72. The lowest BCUT2D eigenvalue weighted by Crippen LogP contribution is -1.97. The van der Waals surface area contributed by atoms with Crippen molar-refractivity contribution in [1.29, 1.82) is 5.26 Å². The molecule has 1 nitrogen and oxygen atoms in total. The molecule has 0 saturated heterocycles. The van der Waals surface area contributed by atoms with E-state index in [4.69, 9.17) is 16.9 Å². The lowest BCUT2D eigenvalue weighted by atomic mass is 10.0. The lowest BCUT2D eigenvalue weighted by molar-refractivity contribution is 0.634. The van der Waals surface area contributed by atoms with Gasteiger partial charge < -0.3 is 0 Å².